The fraction of sp³-hybridized carbons (Fsp3) is 0.190. The van der Waals surface area contributed by atoms with Gasteiger partial charge in [-0.1, -0.05) is 30.0 Å². The number of amides is 2. The van der Waals surface area contributed by atoms with Gasteiger partial charge in [0.2, 0.25) is 11.8 Å². The van der Waals surface area contributed by atoms with E-state index in [0.717, 1.165) is 27.9 Å². The van der Waals surface area contributed by atoms with Crippen LogP contribution in [0.3, 0.4) is 0 Å². The summed E-state index contributed by atoms with van der Waals surface area (Å²) in [4.78, 5) is 39.2. The number of carboxylic acids is 1. The maximum Gasteiger partial charge on any atom is 0.335 e. The summed E-state index contributed by atoms with van der Waals surface area (Å²) in [5.41, 5.74) is 7.97. The normalized spacial score (nSPS) is 16.9. The van der Waals surface area contributed by atoms with Crippen LogP contribution in [0.15, 0.2) is 58.7 Å². The molecule has 1 saturated heterocycles. The molecule has 0 spiro atoms. The van der Waals surface area contributed by atoms with Gasteiger partial charge in [-0.15, -0.1) is 5.10 Å². The summed E-state index contributed by atoms with van der Waals surface area (Å²) in [7, 11) is 3.90. The minimum atomic E-state index is -1.14. The Morgan fingerprint density at radius 2 is 1.94 bits per heavy atom. The summed E-state index contributed by atoms with van der Waals surface area (Å²) in [5.74, 6) is -2.04. The van der Waals surface area contributed by atoms with Crippen LogP contribution in [0.5, 0.6) is 0 Å². The van der Waals surface area contributed by atoms with Crippen LogP contribution in [-0.4, -0.2) is 53.6 Å². The van der Waals surface area contributed by atoms with Crippen molar-refractivity contribution in [3.63, 3.8) is 0 Å². The third-order valence-corrected chi connectivity index (χ3v) is 5.47. The van der Waals surface area contributed by atoms with Gasteiger partial charge in [0.1, 0.15) is 5.25 Å². The zero-order chi connectivity index (χ0) is 22.5. The van der Waals surface area contributed by atoms with E-state index in [-0.39, 0.29) is 22.8 Å². The van der Waals surface area contributed by atoms with E-state index in [4.69, 9.17) is 10.8 Å². The lowest BCUT2D eigenvalue weighted by molar-refractivity contribution is -0.121. The Morgan fingerprint density at radius 1 is 1.23 bits per heavy atom. The molecule has 1 aliphatic rings. The zero-order valence-electron chi connectivity index (χ0n) is 16.9. The van der Waals surface area contributed by atoms with Crippen LogP contribution in [0.1, 0.15) is 22.3 Å². The maximum atomic E-state index is 12.7. The highest BCUT2D eigenvalue weighted by Crippen LogP contribution is 2.30. The molecule has 1 aliphatic heterocycles. The first-order valence-electron chi connectivity index (χ1n) is 9.27. The van der Waals surface area contributed by atoms with Crippen molar-refractivity contribution in [3.05, 3.63) is 59.7 Å². The van der Waals surface area contributed by atoms with Gasteiger partial charge in [0.25, 0.3) is 0 Å². The Morgan fingerprint density at radius 3 is 2.58 bits per heavy atom. The molecule has 10 heteroatoms. The standard InChI is InChI=1S/C21H21N5O4S/c1-25(2)15-8-6-13(7-9-15)12-23-24-21(22)31-17-11-18(27)26(19(17)28)16-5-3-4-14(10-16)20(29)30/h3-10,12,17H,11H2,1-2H3,(H2,22,24)(H,29,30)/b23-12-/t17-/m1/s1. The van der Waals surface area contributed by atoms with Gasteiger partial charge in [-0.25, -0.2) is 9.69 Å². The Kier molecular flexibility index (Phi) is 6.71. The predicted octanol–water partition coefficient (Wildman–Crippen LogP) is 2.16. The lowest BCUT2D eigenvalue weighted by Gasteiger charge is -2.15. The molecule has 0 radical (unpaired) electrons. The molecule has 1 atom stereocenters. The first-order valence-corrected chi connectivity index (χ1v) is 10.1. The molecule has 9 nitrogen and oxygen atoms in total. The van der Waals surface area contributed by atoms with Crippen molar-refractivity contribution in [2.24, 2.45) is 15.9 Å². The molecule has 0 unspecified atom stereocenters. The lowest BCUT2D eigenvalue weighted by atomic mass is 10.2. The van der Waals surface area contributed by atoms with Crippen LogP contribution in [0.25, 0.3) is 0 Å². The number of hydrogen-bond donors (Lipinski definition) is 2. The molecule has 3 rings (SSSR count). The van der Waals surface area contributed by atoms with E-state index >= 15 is 0 Å². The molecular formula is C21H21N5O4S. The van der Waals surface area contributed by atoms with Gasteiger partial charge in [0.05, 0.1) is 17.5 Å². The number of carbonyl (C=O) groups is 3. The molecule has 1 heterocycles. The van der Waals surface area contributed by atoms with Gasteiger partial charge in [-0.3, -0.25) is 9.59 Å². The topological polar surface area (TPSA) is 129 Å². The average molecular weight is 439 g/mol. The van der Waals surface area contributed by atoms with E-state index in [2.05, 4.69) is 10.2 Å². The number of nitrogens with zero attached hydrogens (tertiary/aromatic N) is 4. The fourth-order valence-corrected chi connectivity index (χ4v) is 3.74. The van der Waals surface area contributed by atoms with E-state index in [1.165, 1.54) is 30.5 Å². The van der Waals surface area contributed by atoms with Crippen molar-refractivity contribution in [1.82, 2.24) is 0 Å². The summed E-state index contributed by atoms with van der Waals surface area (Å²) >= 11 is 0.948. The number of hydrogen-bond acceptors (Lipinski definition) is 7. The molecule has 0 saturated carbocycles. The first kappa shape index (κ1) is 22.0. The number of benzene rings is 2. The molecule has 3 N–H and O–H groups in total. The molecule has 2 aromatic rings. The molecule has 31 heavy (non-hydrogen) atoms. The second-order valence-electron chi connectivity index (χ2n) is 6.90. The van der Waals surface area contributed by atoms with E-state index in [0.29, 0.717) is 0 Å². The fourth-order valence-electron chi connectivity index (χ4n) is 2.93. The Bertz CT molecular complexity index is 1070. The minimum absolute atomic E-state index is 0.0109. The summed E-state index contributed by atoms with van der Waals surface area (Å²) < 4.78 is 0. The number of carbonyl (C=O) groups excluding carboxylic acids is 2. The van der Waals surface area contributed by atoms with Crippen molar-refractivity contribution in [2.45, 2.75) is 11.7 Å². The van der Waals surface area contributed by atoms with E-state index < -0.39 is 23.0 Å². The van der Waals surface area contributed by atoms with Crippen molar-refractivity contribution < 1.29 is 19.5 Å². The minimum Gasteiger partial charge on any atom is -0.478 e. The van der Waals surface area contributed by atoms with Crippen molar-refractivity contribution in [2.75, 3.05) is 23.9 Å². The molecule has 160 valence electrons. The molecule has 0 bridgehead atoms. The van der Waals surface area contributed by atoms with Crippen LogP contribution in [0.2, 0.25) is 0 Å². The average Bonchev–Trinajstić information content (AvgIpc) is 3.01. The van der Waals surface area contributed by atoms with E-state index in [9.17, 15) is 14.4 Å². The summed E-state index contributed by atoms with van der Waals surface area (Å²) in [5, 5.41) is 16.2. The van der Waals surface area contributed by atoms with Crippen LogP contribution >= 0.6 is 11.8 Å². The Balaban J connectivity index is 1.65. The number of anilines is 2. The number of amidine groups is 1. The summed E-state index contributed by atoms with van der Waals surface area (Å²) in [6.07, 6.45) is 1.48. The smallest absolute Gasteiger partial charge is 0.335 e. The number of thioether (sulfide) groups is 1. The molecule has 2 aromatic carbocycles. The van der Waals surface area contributed by atoms with Crippen molar-refractivity contribution in [1.29, 1.82) is 0 Å². The Labute approximate surface area is 183 Å². The Hall–Kier alpha value is -3.66. The first-order chi connectivity index (χ1) is 14.8. The van der Waals surface area contributed by atoms with Crippen LogP contribution in [0.4, 0.5) is 11.4 Å². The molecule has 1 fully saturated rings. The lowest BCUT2D eigenvalue weighted by Crippen LogP contribution is -2.32. The SMILES string of the molecule is CN(C)c1ccc(/C=N\N=C(N)S[C@@H]2CC(=O)N(c3cccc(C(=O)O)c3)C2=O)cc1. The van der Waals surface area contributed by atoms with Gasteiger partial charge < -0.3 is 15.7 Å². The molecular weight excluding hydrogens is 418 g/mol. The van der Waals surface area contributed by atoms with Gasteiger partial charge in [-0.2, -0.15) is 5.10 Å². The van der Waals surface area contributed by atoms with Crippen LogP contribution < -0.4 is 15.5 Å². The second kappa shape index (κ2) is 9.43. The highest BCUT2D eigenvalue weighted by Gasteiger charge is 2.40. The van der Waals surface area contributed by atoms with Gasteiger partial charge in [0, 0.05) is 26.2 Å². The highest BCUT2D eigenvalue weighted by atomic mass is 32.2. The second-order valence-corrected chi connectivity index (χ2v) is 8.13. The van der Waals surface area contributed by atoms with Gasteiger partial charge in [0.15, 0.2) is 5.17 Å². The number of nitrogens with two attached hydrogens (primary N) is 1. The summed E-state index contributed by atoms with van der Waals surface area (Å²) in [6, 6.07) is 13.3. The van der Waals surface area contributed by atoms with Crippen molar-refractivity contribution in [3.8, 4) is 0 Å². The predicted molar refractivity (Wildman–Crippen MR) is 122 cm³/mol. The third-order valence-electron chi connectivity index (χ3n) is 4.49. The van der Waals surface area contributed by atoms with Gasteiger partial charge >= 0.3 is 5.97 Å². The summed E-state index contributed by atoms with van der Waals surface area (Å²) in [6.45, 7) is 0. The number of aromatic carboxylic acids is 1. The third kappa shape index (κ3) is 5.28. The van der Waals surface area contributed by atoms with Crippen LogP contribution in [0, 0.1) is 0 Å². The molecule has 2 amide bonds. The maximum absolute atomic E-state index is 12.7. The molecule has 0 aromatic heterocycles. The van der Waals surface area contributed by atoms with Crippen molar-refractivity contribution >= 4 is 52.3 Å². The van der Waals surface area contributed by atoms with Gasteiger partial charge in [-0.05, 0) is 35.9 Å². The monoisotopic (exact) mass is 439 g/mol. The number of carboxylic acid groups (broad SMARTS) is 1. The molecule has 0 aliphatic carbocycles. The largest absolute Gasteiger partial charge is 0.478 e. The van der Waals surface area contributed by atoms with Crippen LogP contribution in [-0.2, 0) is 9.59 Å². The zero-order valence-corrected chi connectivity index (χ0v) is 17.7. The number of rotatable bonds is 6. The van der Waals surface area contributed by atoms with E-state index in [1.54, 1.807) is 0 Å². The highest BCUT2D eigenvalue weighted by molar-refractivity contribution is 8.14. The number of imide groups is 1. The quantitative estimate of drug-likeness (QED) is 0.305. The van der Waals surface area contributed by atoms with E-state index in [1.807, 2.05) is 43.3 Å².